The van der Waals surface area contributed by atoms with Gasteiger partial charge in [0.2, 0.25) is 6.79 Å². The van der Waals surface area contributed by atoms with Crippen molar-refractivity contribution >= 4 is 17.4 Å². The van der Waals surface area contributed by atoms with Gasteiger partial charge in [-0.25, -0.2) is 4.98 Å². The summed E-state index contributed by atoms with van der Waals surface area (Å²) in [6.45, 7) is 3.51. The maximum absolute atomic E-state index is 12.8. The Kier molecular flexibility index (Phi) is 6.94. The minimum Gasteiger partial charge on any atom is -0.454 e. The van der Waals surface area contributed by atoms with Gasteiger partial charge < -0.3 is 24.2 Å². The van der Waals surface area contributed by atoms with E-state index in [1.807, 2.05) is 23.1 Å². The van der Waals surface area contributed by atoms with E-state index in [1.165, 1.54) is 0 Å². The van der Waals surface area contributed by atoms with Crippen molar-refractivity contribution in [1.29, 1.82) is 0 Å². The minimum atomic E-state index is -4.48. The molecular formula is C21H23ClF3N3O4. The lowest BCUT2D eigenvalue weighted by Crippen LogP contribution is -2.49. The highest BCUT2D eigenvalue weighted by Crippen LogP contribution is 2.34. The van der Waals surface area contributed by atoms with Crippen molar-refractivity contribution in [3.8, 4) is 11.5 Å². The van der Waals surface area contributed by atoms with E-state index in [1.54, 1.807) is 0 Å². The number of halogens is 4. The molecule has 32 heavy (non-hydrogen) atoms. The number of hydrogen-bond acceptors (Lipinski definition) is 7. The maximum Gasteiger partial charge on any atom is 0.417 e. The van der Waals surface area contributed by atoms with Crippen LogP contribution in [-0.2, 0) is 17.5 Å². The zero-order valence-electron chi connectivity index (χ0n) is 17.1. The number of aliphatic hydroxyl groups is 1. The van der Waals surface area contributed by atoms with E-state index in [0.29, 0.717) is 56.6 Å². The lowest BCUT2D eigenvalue weighted by molar-refractivity contribution is -0.137. The Hall–Kier alpha value is -2.27. The molecule has 1 aromatic heterocycles. The van der Waals surface area contributed by atoms with E-state index in [2.05, 4.69) is 9.88 Å². The van der Waals surface area contributed by atoms with Gasteiger partial charge in [-0.2, -0.15) is 13.2 Å². The monoisotopic (exact) mass is 473 g/mol. The number of anilines is 1. The first kappa shape index (κ1) is 22.9. The molecule has 2 aliphatic rings. The molecule has 0 saturated carbocycles. The van der Waals surface area contributed by atoms with Crippen molar-refractivity contribution in [1.82, 2.24) is 9.88 Å². The van der Waals surface area contributed by atoms with Gasteiger partial charge in [0.1, 0.15) is 5.82 Å². The molecule has 3 heterocycles. The number of piperazine rings is 1. The molecule has 0 aliphatic carbocycles. The van der Waals surface area contributed by atoms with Crippen LogP contribution in [0.5, 0.6) is 11.5 Å². The van der Waals surface area contributed by atoms with Gasteiger partial charge in [0.15, 0.2) is 11.5 Å². The lowest BCUT2D eigenvalue weighted by atomic mass is 10.2. The number of hydrogen-bond donors (Lipinski definition) is 1. The van der Waals surface area contributed by atoms with E-state index in [4.69, 9.17) is 25.8 Å². The molecule has 1 saturated heterocycles. The molecule has 0 unspecified atom stereocenters. The summed E-state index contributed by atoms with van der Waals surface area (Å²) < 4.78 is 54.6. The SMILES string of the molecule is O[C@@H](COCc1ccc2c(c1)OCO2)CN1CCN(c2ncc(C(F)(F)F)cc2Cl)CC1. The Morgan fingerprint density at radius 2 is 1.88 bits per heavy atom. The van der Waals surface area contributed by atoms with Crippen LogP contribution in [0.25, 0.3) is 0 Å². The molecule has 1 fully saturated rings. The Morgan fingerprint density at radius 1 is 1.12 bits per heavy atom. The molecule has 4 rings (SSSR count). The summed E-state index contributed by atoms with van der Waals surface area (Å²) in [6.07, 6.45) is -4.34. The molecule has 1 N–H and O–H groups in total. The summed E-state index contributed by atoms with van der Waals surface area (Å²) in [6, 6.07) is 6.47. The van der Waals surface area contributed by atoms with Crippen LogP contribution in [-0.4, -0.2) is 67.2 Å². The van der Waals surface area contributed by atoms with Crippen molar-refractivity contribution in [3.63, 3.8) is 0 Å². The largest absolute Gasteiger partial charge is 0.454 e. The van der Waals surface area contributed by atoms with Crippen molar-refractivity contribution in [2.75, 3.05) is 51.0 Å². The standard InChI is InChI=1S/C21H23ClF3N3O4/c22-17-8-15(21(23,24)25)9-26-20(17)28-5-3-27(4-6-28)10-16(29)12-30-11-14-1-2-18-19(7-14)32-13-31-18/h1-2,7-9,16,29H,3-6,10-13H2/t16-/m1/s1. The summed E-state index contributed by atoms with van der Waals surface area (Å²) in [4.78, 5) is 7.84. The number of β-amino-alcohol motifs (C(OH)–C–C–N with tert-alkyl or cyclic N) is 1. The summed E-state index contributed by atoms with van der Waals surface area (Å²) in [5.41, 5.74) is 0.0599. The first-order valence-corrected chi connectivity index (χ1v) is 10.5. The summed E-state index contributed by atoms with van der Waals surface area (Å²) in [7, 11) is 0. The normalized spacial score (nSPS) is 17.6. The van der Waals surface area contributed by atoms with Crippen molar-refractivity contribution in [2.24, 2.45) is 0 Å². The molecule has 174 valence electrons. The van der Waals surface area contributed by atoms with Gasteiger partial charge in [0.05, 0.1) is 29.9 Å². The molecule has 0 amide bonds. The fourth-order valence-electron chi connectivity index (χ4n) is 3.65. The first-order valence-electron chi connectivity index (χ1n) is 10.1. The number of aliphatic hydroxyl groups excluding tert-OH is 1. The molecule has 0 radical (unpaired) electrons. The molecule has 0 bridgehead atoms. The van der Waals surface area contributed by atoms with Crippen LogP contribution in [0.15, 0.2) is 30.5 Å². The average Bonchev–Trinajstić information content (AvgIpc) is 3.22. The van der Waals surface area contributed by atoms with Crippen molar-refractivity contribution in [3.05, 3.63) is 46.6 Å². The molecule has 0 spiro atoms. The second-order valence-corrected chi connectivity index (χ2v) is 8.08. The van der Waals surface area contributed by atoms with Gasteiger partial charge in [-0.3, -0.25) is 4.90 Å². The minimum absolute atomic E-state index is 0.0229. The molecule has 11 heteroatoms. The highest BCUT2D eigenvalue weighted by atomic mass is 35.5. The van der Waals surface area contributed by atoms with Crippen LogP contribution < -0.4 is 14.4 Å². The van der Waals surface area contributed by atoms with Crippen molar-refractivity contribution in [2.45, 2.75) is 18.9 Å². The van der Waals surface area contributed by atoms with E-state index in [9.17, 15) is 18.3 Å². The zero-order chi connectivity index (χ0) is 22.7. The molecule has 7 nitrogen and oxygen atoms in total. The number of ether oxygens (including phenoxy) is 3. The third kappa shape index (κ3) is 5.55. The number of nitrogens with zero attached hydrogens (tertiary/aromatic N) is 3. The molecular weight excluding hydrogens is 451 g/mol. The number of rotatable bonds is 7. The van der Waals surface area contributed by atoms with Crippen LogP contribution in [0, 0.1) is 0 Å². The van der Waals surface area contributed by atoms with Gasteiger partial charge in [-0.15, -0.1) is 0 Å². The number of benzene rings is 1. The van der Waals surface area contributed by atoms with Crippen LogP contribution in [0.4, 0.5) is 19.0 Å². The summed E-state index contributed by atoms with van der Waals surface area (Å²) >= 11 is 6.04. The lowest BCUT2D eigenvalue weighted by Gasteiger charge is -2.36. The fraction of sp³-hybridized carbons (Fsp3) is 0.476. The van der Waals surface area contributed by atoms with Gasteiger partial charge in [-0.1, -0.05) is 17.7 Å². The third-order valence-corrected chi connectivity index (χ3v) is 5.58. The number of fused-ring (bicyclic) bond motifs is 1. The van der Waals surface area contributed by atoms with E-state index in [0.717, 1.165) is 17.8 Å². The maximum atomic E-state index is 12.8. The predicted molar refractivity (Wildman–Crippen MR) is 111 cm³/mol. The highest BCUT2D eigenvalue weighted by Gasteiger charge is 2.32. The van der Waals surface area contributed by atoms with E-state index < -0.39 is 17.8 Å². The van der Waals surface area contributed by atoms with E-state index >= 15 is 0 Å². The molecule has 1 atom stereocenters. The predicted octanol–water partition coefficient (Wildman–Crippen LogP) is 3.18. The van der Waals surface area contributed by atoms with Gasteiger partial charge >= 0.3 is 6.18 Å². The smallest absolute Gasteiger partial charge is 0.417 e. The van der Waals surface area contributed by atoms with Gasteiger partial charge in [0.25, 0.3) is 0 Å². The van der Waals surface area contributed by atoms with Gasteiger partial charge in [-0.05, 0) is 23.8 Å². The molecule has 2 aliphatic heterocycles. The second kappa shape index (κ2) is 9.70. The van der Waals surface area contributed by atoms with Crippen LogP contribution in [0.3, 0.4) is 0 Å². The number of aromatic nitrogens is 1. The zero-order valence-corrected chi connectivity index (χ0v) is 17.9. The van der Waals surface area contributed by atoms with Crippen molar-refractivity contribution < 1.29 is 32.5 Å². The Labute approximate surface area is 188 Å². The van der Waals surface area contributed by atoms with Crippen LogP contribution in [0.1, 0.15) is 11.1 Å². The fourth-order valence-corrected chi connectivity index (χ4v) is 3.94. The third-order valence-electron chi connectivity index (χ3n) is 5.31. The number of alkyl halides is 3. The average molecular weight is 474 g/mol. The topological polar surface area (TPSA) is 67.3 Å². The van der Waals surface area contributed by atoms with Crippen LogP contribution in [0.2, 0.25) is 5.02 Å². The first-order chi connectivity index (χ1) is 15.3. The highest BCUT2D eigenvalue weighted by molar-refractivity contribution is 6.33. The Balaban J connectivity index is 1.20. The van der Waals surface area contributed by atoms with Gasteiger partial charge in [0, 0.05) is 38.9 Å². The Bertz CT molecular complexity index is 939. The van der Waals surface area contributed by atoms with E-state index in [-0.39, 0.29) is 18.4 Å². The Morgan fingerprint density at radius 3 is 2.59 bits per heavy atom. The molecule has 1 aromatic carbocycles. The number of pyridine rings is 1. The quantitative estimate of drug-likeness (QED) is 0.662. The summed E-state index contributed by atoms with van der Waals surface area (Å²) in [5.74, 6) is 1.74. The second-order valence-electron chi connectivity index (χ2n) is 7.67. The molecule has 2 aromatic rings. The summed E-state index contributed by atoms with van der Waals surface area (Å²) in [5, 5.41) is 10.3. The van der Waals surface area contributed by atoms with Crippen LogP contribution >= 0.6 is 11.6 Å².